The Hall–Kier alpha value is -0.850. The molecule has 2 rings (SSSR count). The molecular formula is C11H15ClN2O3S. The first-order valence-corrected chi connectivity index (χ1v) is 6.89. The van der Waals surface area contributed by atoms with E-state index >= 15 is 0 Å². The predicted molar refractivity (Wildman–Crippen MR) is 70.5 cm³/mol. The van der Waals surface area contributed by atoms with Gasteiger partial charge in [-0.2, -0.15) is 0 Å². The van der Waals surface area contributed by atoms with Gasteiger partial charge >= 0.3 is 5.97 Å². The Morgan fingerprint density at radius 1 is 1.50 bits per heavy atom. The number of nitrogens with one attached hydrogen (secondary N) is 1. The average molecular weight is 291 g/mol. The molecule has 1 aliphatic rings. The van der Waals surface area contributed by atoms with Gasteiger partial charge in [0, 0.05) is 7.11 Å². The Kier molecular flexibility index (Phi) is 4.42. The third kappa shape index (κ3) is 2.76. The number of hydrogen-bond acceptors (Lipinski definition) is 6. The number of anilines is 1. The van der Waals surface area contributed by atoms with Crippen molar-refractivity contribution in [1.29, 1.82) is 0 Å². The molecule has 1 aromatic rings. The van der Waals surface area contributed by atoms with Gasteiger partial charge in [0.1, 0.15) is 0 Å². The maximum absolute atomic E-state index is 11.4. The molecule has 100 valence electrons. The highest BCUT2D eigenvalue weighted by molar-refractivity contribution is 7.18. The summed E-state index contributed by atoms with van der Waals surface area (Å²) in [5.74, 6) is -0.458. The van der Waals surface area contributed by atoms with E-state index < -0.39 is 5.97 Å². The third-order valence-corrected chi connectivity index (χ3v) is 4.37. The quantitative estimate of drug-likeness (QED) is 0.864. The van der Waals surface area contributed by atoms with Crippen molar-refractivity contribution in [2.45, 2.75) is 31.4 Å². The minimum atomic E-state index is -0.458. The van der Waals surface area contributed by atoms with Crippen molar-refractivity contribution in [2.75, 3.05) is 19.5 Å². The zero-order valence-electron chi connectivity index (χ0n) is 10.2. The van der Waals surface area contributed by atoms with Crippen LogP contribution in [0, 0.1) is 0 Å². The molecule has 0 spiro atoms. The molecule has 0 aliphatic heterocycles. The molecule has 1 N–H and O–H groups in total. The van der Waals surface area contributed by atoms with Crippen molar-refractivity contribution < 1.29 is 14.3 Å². The standard InChI is InChI=1S/C11H15ClN2O3S/c1-16-7-5-3-4-6(7)13-11-14-9(12)8(18-11)10(15)17-2/h6-7H,3-5H2,1-2H3,(H,13,14). The Morgan fingerprint density at radius 3 is 2.94 bits per heavy atom. The molecular weight excluding hydrogens is 276 g/mol. The van der Waals surface area contributed by atoms with Gasteiger partial charge in [0.25, 0.3) is 0 Å². The smallest absolute Gasteiger partial charge is 0.351 e. The molecule has 7 heteroatoms. The van der Waals surface area contributed by atoms with Crippen LogP contribution in [0.1, 0.15) is 28.9 Å². The summed E-state index contributed by atoms with van der Waals surface area (Å²) < 4.78 is 10.0. The summed E-state index contributed by atoms with van der Waals surface area (Å²) in [6.45, 7) is 0. The second-order valence-corrected chi connectivity index (χ2v) is 5.44. The van der Waals surface area contributed by atoms with Crippen LogP contribution in [0.25, 0.3) is 0 Å². The molecule has 1 heterocycles. The number of rotatable bonds is 4. The van der Waals surface area contributed by atoms with Gasteiger partial charge in [-0.05, 0) is 19.3 Å². The number of halogens is 1. The van der Waals surface area contributed by atoms with Crippen LogP contribution in [-0.2, 0) is 9.47 Å². The monoisotopic (exact) mass is 290 g/mol. The fourth-order valence-corrected chi connectivity index (χ4v) is 3.28. The lowest BCUT2D eigenvalue weighted by Crippen LogP contribution is -2.29. The summed E-state index contributed by atoms with van der Waals surface area (Å²) in [4.78, 5) is 15.9. The van der Waals surface area contributed by atoms with E-state index in [1.807, 2.05) is 0 Å². The van der Waals surface area contributed by atoms with Crippen molar-refractivity contribution in [3.63, 3.8) is 0 Å². The van der Waals surface area contributed by atoms with Gasteiger partial charge in [-0.3, -0.25) is 0 Å². The molecule has 2 atom stereocenters. The van der Waals surface area contributed by atoms with Crippen LogP contribution >= 0.6 is 22.9 Å². The SMILES string of the molecule is COC(=O)c1sc(NC2CCCC2OC)nc1Cl. The zero-order chi connectivity index (χ0) is 13.1. The molecule has 0 bridgehead atoms. The van der Waals surface area contributed by atoms with Crippen LogP contribution in [0.3, 0.4) is 0 Å². The van der Waals surface area contributed by atoms with Gasteiger partial charge < -0.3 is 14.8 Å². The summed E-state index contributed by atoms with van der Waals surface area (Å²) in [7, 11) is 3.03. The number of esters is 1. The van der Waals surface area contributed by atoms with Gasteiger partial charge in [0.15, 0.2) is 15.2 Å². The van der Waals surface area contributed by atoms with Crippen LogP contribution in [0.4, 0.5) is 5.13 Å². The Balaban J connectivity index is 2.08. The molecule has 1 aliphatic carbocycles. The lowest BCUT2D eigenvalue weighted by Gasteiger charge is -2.18. The van der Waals surface area contributed by atoms with Crippen LogP contribution < -0.4 is 5.32 Å². The second kappa shape index (κ2) is 5.86. The molecule has 1 fully saturated rings. The molecule has 0 saturated heterocycles. The largest absolute Gasteiger partial charge is 0.465 e. The summed E-state index contributed by atoms with van der Waals surface area (Å²) in [6, 6.07) is 0.225. The molecule has 2 unspecified atom stereocenters. The summed E-state index contributed by atoms with van der Waals surface area (Å²) >= 11 is 7.11. The molecule has 0 aromatic carbocycles. The van der Waals surface area contributed by atoms with E-state index in [1.165, 1.54) is 18.4 Å². The summed E-state index contributed by atoms with van der Waals surface area (Å²) in [5.41, 5.74) is 0. The number of carbonyl (C=O) groups is 1. The fourth-order valence-electron chi connectivity index (χ4n) is 2.11. The van der Waals surface area contributed by atoms with Crippen molar-refractivity contribution in [2.24, 2.45) is 0 Å². The number of methoxy groups -OCH3 is 2. The Morgan fingerprint density at radius 2 is 2.28 bits per heavy atom. The number of hydrogen-bond donors (Lipinski definition) is 1. The van der Waals surface area contributed by atoms with Crippen molar-refractivity contribution in [3.05, 3.63) is 10.0 Å². The van der Waals surface area contributed by atoms with Crippen LogP contribution in [-0.4, -0.2) is 37.3 Å². The number of nitrogens with zero attached hydrogens (tertiary/aromatic N) is 1. The molecule has 1 saturated carbocycles. The second-order valence-electron chi connectivity index (χ2n) is 4.09. The molecule has 0 radical (unpaired) electrons. The van der Waals surface area contributed by atoms with Crippen molar-refractivity contribution in [3.8, 4) is 0 Å². The Labute approximate surface area is 114 Å². The fraction of sp³-hybridized carbons (Fsp3) is 0.636. The molecule has 1 aromatic heterocycles. The van der Waals surface area contributed by atoms with Gasteiger partial charge in [0.05, 0.1) is 19.3 Å². The van der Waals surface area contributed by atoms with Gasteiger partial charge in [-0.1, -0.05) is 22.9 Å². The summed E-state index contributed by atoms with van der Waals surface area (Å²) in [5, 5.41) is 4.09. The summed E-state index contributed by atoms with van der Waals surface area (Å²) in [6.07, 6.45) is 3.38. The van der Waals surface area contributed by atoms with E-state index in [0.717, 1.165) is 19.3 Å². The van der Waals surface area contributed by atoms with Crippen molar-refractivity contribution >= 4 is 34.0 Å². The van der Waals surface area contributed by atoms with E-state index in [1.54, 1.807) is 7.11 Å². The minimum absolute atomic E-state index is 0.182. The normalized spacial score (nSPS) is 23.1. The topological polar surface area (TPSA) is 60.5 Å². The highest BCUT2D eigenvalue weighted by Gasteiger charge is 2.28. The average Bonchev–Trinajstić information content (AvgIpc) is 2.95. The maximum Gasteiger partial charge on any atom is 0.351 e. The van der Waals surface area contributed by atoms with Crippen LogP contribution in [0.15, 0.2) is 0 Å². The predicted octanol–water partition coefficient (Wildman–Crippen LogP) is 2.56. The number of aromatic nitrogens is 1. The van der Waals surface area contributed by atoms with E-state index in [9.17, 15) is 4.79 Å². The first kappa shape index (κ1) is 13.6. The first-order valence-electron chi connectivity index (χ1n) is 5.69. The molecule has 5 nitrogen and oxygen atoms in total. The molecule has 0 amide bonds. The maximum atomic E-state index is 11.4. The first-order chi connectivity index (χ1) is 8.65. The number of thiazole rings is 1. The number of carbonyl (C=O) groups excluding carboxylic acids is 1. The highest BCUT2D eigenvalue weighted by Crippen LogP contribution is 2.31. The molecule has 18 heavy (non-hydrogen) atoms. The lowest BCUT2D eigenvalue weighted by molar-refractivity contribution is 0.0606. The van der Waals surface area contributed by atoms with Crippen LogP contribution in [0.2, 0.25) is 5.15 Å². The van der Waals surface area contributed by atoms with Gasteiger partial charge in [-0.25, -0.2) is 9.78 Å². The van der Waals surface area contributed by atoms with E-state index in [0.29, 0.717) is 10.0 Å². The van der Waals surface area contributed by atoms with E-state index in [-0.39, 0.29) is 17.3 Å². The highest BCUT2D eigenvalue weighted by atomic mass is 35.5. The Bertz CT molecular complexity index is 438. The van der Waals surface area contributed by atoms with Crippen molar-refractivity contribution in [1.82, 2.24) is 4.98 Å². The third-order valence-electron chi connectivity index (χ3n) is 3.02. The zero-order valence-corrected chi connectivity index (χ0v) is 11.8. The lowest BCUT2D eigenvalue weighted by atomic mass is 10.2. The van der Waals surface area contributed by atoms with E-state index in [4.69, 9.17) is 16.3 Å². The van der Waals surface area contributed by atoms with Gasteiger partial charge in [0.2, 0.25) is 0 Å². The van der Waals surface area contributed by atoms with E-state index in [2.05, 4.69) is 15.0 Å². The number of ether oxygens (including phenoxy) is 2. The van der Waals surface area contributed by atoms with Gasteiger partial charge in [-0.15, -0.1) is 0 Å². The minimum Gasteiger partial charge on any atom is -0.465 e. The van der Waals surface area contributed by atoms with Crippen LogP contribution in [0.5, 0.6) is 0 Å².